The molecule has 1 heterocycles. The predicted molar refractivity (Wildman–Crippen MR) is 108 cm³/mol. The molecule has 0 atom stereocenters. The fourth-order valence-corrected chi connectivity index (χ4v) is 3.12. The van der Waals surface area contributed by atoms with Crippen molar-refractivity contribution in [2.45, 2.75) is 0 Å². The average molecular weight is 392 g/mol. The molecule has 148 valence electrons. The lowest BCUT2D eigenvalue weighted by molar-refractivity contribution is -0.384. The number of para-hydroxylation sites is 2. The number of amides is 1. The maximum absolute atomic E-state index is 12.4. The molecule has 1 aliphatic heterocycles. The Balaban J connectivity index is 1.56. The highest BCUT2D eigenvalue weighted by Crippen LogP contribution is 2.28. The Morgan fingerprint density at radius 3 is 2.48 bits per heavy atom. The van der Waals surface area contributed by atoms with E-state index < -0.39 is 0 Å². The highest BCUT2D eigenvalue weighted by atomic mass is 16.6. The Hall–Kier alpha value is -3.86. The van der Waals surface area contributed by atoms with Gasteiger partial charge in [-0.3, -0.25) is 14.9 Å². The number of piperazine rings is 1. The van der Waals surface area contributed by atoms with E-state index in [2.05, 4.69) is 0 Å². The SMILES string of the molecule is N#CCOc1ccc(/C=C\C(=O)N2CCN(c3ccccc3[N+](=O)[O-])CC2)cc1. The first kappa shape index (κ1) is 19.9. The fraction of sp³-hybridized carbons (Fsp3) is 0.238. The zero-order chi connectivity index (χ0) is 20.6. The van der Waals surface area contributed by atoms with E-state index in [4.69, 9.17) is 10.00 Å². The summed E-state index contributed by atoms with van der Waals surface area (Å²) in [6.07, 6.45) is 3.25. The van der Waals surface area contributed by atoms with Crippen molar-refractivity contribution in [3.8, 4) is 11.8 Å². The number of hydrogen-bond acceptors (Lipinski definition) is 6. The quantitative estimate of drug-likeness (QED) is 0.426. The molecule has 1 saturated heterocycles. The molecule has 0 saturated carbocycles. The van der Waals surface area contributed by atoms with Crippen LogP contribution in [0.4, 0.5) is 11.4 Å². The topological polar surface area (TPSA) is 99.7 Å². The number of nitro benzene ring substituents is 1. The third kappa shape index (κ3) is 5.11. The van der Waals surface area contributed by atoms with E-state index in [0.29, 0.717) is 37.6 Å². The van der Waals surface area contributed by atoms with Gasteiger partial charge in [0, 0.05) is 38.3 Å². The molecule has 0 radical (unpaired) electrons. The van der Waals surface area contributed by atoms with Crippen molar-refractivity contribution in [3.63, 3.8) is 0 Å². The Bertz CT molecular complexity index is 942. The van der Waals surface area contributed by atoms with E-state index in [1.807, 2.05) is 23.1 Å². The Morgan fingerprint density at radius 2 is 1.83 bits per heavy atom. The standard InChI is InChI=1S/C21H20N4O4/c22-11-16-29-18-8-5-17(6-9-18)7-10-21(26)24-14-12-23(13-15-24)19-3-1-2-4-20(19)25(27)28/h1-10H,12-16H2/b10-7-. The van der Waals surface area contributed by atoms with Gasteiger partial charge in [-0.2, -0.15) is 5.26 Å². The maximum Gasteiger partial charge on any atom is 0.292 e. The van der Waals surface area contributed by atoms with Gasteiger partial charge < -0.3 is 14.5 Å². The van der Waals surface area contributed by atoms with Gasteiger partial charge in [-0.15, -0.1) is 0 Å². The number of carbonyl (C=O) groups excluding carboxylic acids is 1. The molecule has 0 aliphatic carbocycles. The van der Waals surface area contributed by atoms with Crippen LogP contribution in [0.5, 0.6) is 5.75 Å². The first-order chi connectivity index (χ1) is 14.1. The first-order valence-corrected chi connectivity index (χ1v) is 9.13. The van der Waals surface area contributed by atoms with Crippen LogP contribution in [0.2, 0.25) is 0 Å². The summed E-state index contributed by atoms with van der Waals surface area (Å²) in [6, 6.07) is 15.7. The number of nitro groups is 1. The summed E-state index contributed by atoms with van der Waals surface area (Å²) in [5.41, 5.74) is 1.51. The molecule has 0 bridgehead atoms. The molecule has 0 unspecified atom stereocenters. The lowest BCUT2D eigenvalue weighted by atomic mass is 10.2. The normalized spacial score (nSPS) is 13.9. The van der Waals surface area contributed by atoms with Crippen LogP contribution in [0.15, 0.2) is 54.6 Å². The van der Waals surface area contributed by atoms with E-state index in [1.54, 1.807) is 41.3 Å². The van der Waals surface area contributed by atoms with Gasteiger partial charge in [0.05, 0.1) is 4.92 Å². The van der Waals surface area contributed by atoms with Crippen LogP contribution in [0.1, 0.15) is 5.56 Å². The summed E-state index contributed by atoms with van der Waals surface area (Å²) in [7, 11) is 0. The van der Waals surface area contributed by atoms with Crippen molar-refractivity contribution in [2.75, 3.05) is 37.7 Å². The maximum atomic E-state index is 12.4. The van der Waals surface area contributed by atoms with Crippen molar-refractivity contribution >= 4 is 23.4 Å². The van der Waals surface area contributed by atoms with Crippen LogP contribution in [0.3, 0.4) is 0 Å². The van der Waals surface area contributed by atoms with E-state index >= 15 is 0 Å². The summed E-state index contributed by atoms with van der Waals surface area (Å²) in [5, 5.41) is 19.7. The number of benzene rings is 2. The van der Waals surface area contributed by atoms with E-state index in [-0.39, 0.29) is 23.1 Å². The minimum atomic E-state index is -0.383. The number of ether oxygens (including phenoxy) is 1. The molecule has 1 fully saturated rings. The van der Waals surface area contributed by atoms with Crippen LogP contribution in [0.25, 0.3) is 6.08 Å². The summed E-state index contributed by atoms with van der Waals surface area (Å²) in [6.45, 7) is 2.06. The molecule has 3 rings (SSSR count). The van der Waals surface area contributed by atoms with Crippen molar-refractivity contribution in [1.82, 2.24) is 4.90 Å². The lowest BCUT2D eigenvalue weighted by Crippen LogP contribution is -2.48. The van der Waals surface area contributed by atoms with Crippen LogP contribution in [-0.4, -0.2) is 48.5 Å². The summed E-state index contributed by atoms with van der Waals surface area (Å²) < 4.78 is 5.19. The van der Waals surface area contributed by atoms with Crippen molar-refractivity contribution in [3.05, 3.63) is 70.3 Å². The highest BCUT2D eigenvalue weighted by molar-refractivity contribution is 5.92. The molecular formula is C21H20N4O4. The fourth-order valence-electron chi connectivity index (χ4n) is 3.12. The number of carbonyl (C=O) groups is 1. The molecule has 0 N–H and O–H groups in total. The Kier molecular flexibility index (Phi) is 6.43. The second kappa shape index (κ2) is 9.37. The van der Waals surface area contributed by atoms with Crippen LogP contribution in [0, 0.1) is 21.4 Å². The van der Waals surface area contributed by atoms with Gasteiger partial charge in [0.15, 0.2) is 6.61 Å². The summed E-state index contributed by atoms with van der Waals surface area (Å²) >= 11 is 0. The average Bonchev–Trinajstić information content (AvgIpc) is 2.77. The van der Waals surface area contributed by atoms with Crippen molar-refractivity contribution < 1.29 is 14.5 Å². The van der Waals surface area contributed by atoms with E-state index in [9.17, 15) is 14.9 Å². The van der Waals surface area contributed by atoms with Crippen LogP contribution >= 0.6 is 0 Å². The molecular weight excluding hydrogens is 372 g/mol. The molecule has 1 amide bonds. The van der Waals surface area contributed by atoms with Crippen LogP contribution in [-0.2, 0) is 4.79 Å². The lowest BCUT2D eigenvalue weighted by Gasteiger charge is -2.35. The largest absolute Gasteiger partial charge is 0.479 e. The molecule has 1 aliphatic rings. The molecule has 8 nitrogen and oxygen atoms in total. The zero-order valence-corrected chi connectivity index (χ0v) is 15.7. The predicted octanol–water partition coefficient (Wildman–Crippen LogP) is 2.86. The Labute approximate surface area is 168 Å². The minimum absolute atomic E-state index is 0.00815. The number of nitrogens with zero attached hydrogens (tertiary/aromatic N) is 4. The molecule has 2 aromatic carbocycles. The molecule has 0 spiro atoms. The summed E-state index contributed by atoms with van der Waals surface area (Å²) in [4.78, 5) is 26.9. The van der Waals surface area contributed by atoms with Crippen molar-refractivity contribution in [2.24, 2.45) is 0 Å². The van der Waals surface area contributed by atoms with Gasteiger partial charge in [0.1, 0.15) is 17.5 Å². The third-order valence-electron chi connectivity index (χ3n) is 4.61. The van der Waals surface area contributed by atoms with Gasteiger partial charge in [0.2, 0.25) is 5.91 Å². The zero-order valence-electron chi connectivity index (χ0n) is 15.7. The monoisotopic (exact) mass is 392 g/mol. The smallest absolute Gasteiger partial charge is 0.292 e. The van der Waals surface area contributed by atoms with E-state index in [1.165, 1.54) is 12.1 Å². The molecule has 29 heavy (non-hydrogen) atoms. The van der Waals surface area contributed by atoms with Crippen LogP contribution < -0.4 is 9.64 Å². The molecule has 8 heteroatoms. The van der Waals surface area contributed by atoms with Gasteiger partial charge in [-0.05, 0) is 29.8 Å². The van der Waals surface area contributed by atoms with E-state index in [0.717, 1.165) is 5.56 Å². The van der Waals surface area contributed by atoms with Gasteiger partial charge in [-0.25, -0.2) is 0 Å². The third-order valence-corrected chi connectivity index (χ3v) is 4.61. The second-order valence-corrected chi connectivity index (χ2v) is 6.41. The summed E-state index contributed by atoms with van der Waals surface area (Å²) in [5.74, 6) is 0.498. The number of nitriles is 1. The van der Waals surface area contributed by atoms with Crippen molar-refractivity contribution in [1.29, 1.82) is 5.26 Å². The second-order valence-electron chi connectivity index (χ2n) is 6.41. The first-order valence-electron chi connectivity index (χ1n) is 9.13. The Morgan fingerprint density at radius 1 is 1.14 bits per heavy atom. The van der Waals surface area contributed by atoms with Gasteiger partial charge in [0.25, 0.3) is 5.69 Å². The molecule has 0 aromatic heterocycles. The highest BCUT2D eigenvalue weighted by Gasteiger charge is 2.24. The minimum Gasteiger partial charge on any atom is -0.479 e. The number of rotatable bonds is 6. The molecule has 2 aromatic rings. The van der Waals surface area contributed by atoms with Gasteiger partial charge in [-0.1, -0.05) is 24.3 Å². The number of hydrogen-bond donors (Lipinski definition) is 0. The number of anilines is 1. The van der Waals surface area contributed by atoms with Gasteiger partial charge >= 0.3 is 0 Å².